The minimum atomic E-state index is -4.79. The molecule has 0 rings (SSSR count). The quantitative estimate of drug-likeness (QED) is 0.0210. The van der Waals surface area contributed by atoms with E-state index >= 15 is 0 Å². The van der Waals surface area contributed by atoms with Crippen molar-refractivity contribution in [1.82, 2.24) is 0 Å². The number of phosphoric ester groups is 1. The van der Waals surface area contributed by atoms with Crippen LogP contribution in [-0.2, 0) is 28.2 Å². The molecule has 0 bridgehead atoms. The van der Waals surface area contributed by atoms with Crippen LogP contribution in [0.25, 0.3) is 0 Å². The van der Waals surface area contributed by atoms with Crippen molar-refractivity contribution < 1.29 is 48.2 Å². The summed E-state index contributed by atoms with van der Waals surface area (Å²) in [4.78, 5) is 42.8. The zero-order valence-corrected chi connectivity index (χ0v) is 32.9. The number of unbranched alkanes of at least 4 members (excludes halogenated alkanes) is 16. The Hall–Kier alpha value is -1.81. The third-order valence-corrected chi connectivity index (χ3v) is 9.07. The maximum Gasteiger partial charge on any atom is 0.469 e. The molecule has 0 aromatic carbocycles. The van der Waals surface area contributed by atoms with E-state index in [0.717, 1.165) is 83.5 Å². The van der Waals surface area contributed by atoms with Gasteiger partial charge in [-0.15, -0.1) is 0 Å². The number of hydrogen-bond donors (Lipinski definition) is 4. The zero-order chi connectivity index (χ0) is 37.8. The Morgan fingerprint density at radius 1 is 0.588 bits per heavy atom. The second kappa shape index (κ2) is 35.2. The zero-order valence-electron chi connectivity index (χ0n) is 32.0. The highest BCUT2D eigenvalue weighted by molar-refractivity contribution is 7.46. The number of allylic oxidation sites excluding steroid dienone is 5. The summed E-state index contributed by atoms with van der Waals surface area (Å²) in [6, 6.07) is 0. The van der Waals surface area contributed by atoms with Crippen LogP contribution in [0.3, 0.4) is 0 Å². The van der Waals surface area contributed by atoms with Gasteiger partial charge in [-0.25, -0.2) is 4.57 Å². The lowest BCUT2D eigenvalue weighted by molar-refractivity contribution is -0.161. The highest BCUT2D eigenvalue weighted by Gasteiger charge is 2.23. The Labute approximate surface area is 309 Å². The summed E-state index contributed by atoms with van der Waals surface area (Å²) in [7, 11) is -4.79. The SMILES string of the molecule is CCCCC/C=C\C/C=C\CCCCCCCCC(=O)OC[C@H](COP(=O)(O)O)OC(=O)CCCCCCC[C@H](O)[C@@H](O)C/C=C\CCCCC. The first kappa shape index (κ1) is 49.2. The number of carbonyl (C=O) groups is 2. The molecule has 51 heavy (non-hydrogen) atoms. The third kappa shape index (κ3) is 36.3. The molecule has 0 amide bonds. The van der Waals surface area contributed by atoms with Crippen LogP contribution in [-0.4, -0.2) is 63.5 Å². The largest absolute Gasteiger partial charge is 0.469 e. The van der Waals surface area contributed by atoms with Gasteiger partial charge in [0.25, 0.3) is 0 Å². The molecule has 0 heterocycles. The number of phosphoric acid groups is 1. The Bertz CT molecular complexity index is 961. The van der Waals surface area contributed by atoms with Crippen LogP contribution >= 0.6 is 7.82 Å². The summed E-state index contributed by atoms with van der Waals surface area (Å²) in [5.41, 5.74) is 0. The molecule has 0 unspecified atom stereocenters. The number of aliphatic hydroxyl groups excluding tert-OH is 2. The van der Waals surface area contributed by atoms with E-state index in [0.29, 0.717) is 25.7 Å². The Morgan fingerprint density at radius 3 is 1.65 bits per heavy atom. The standard InChI is InChI=1S/C40H73O10P/c1-3-5-7-9-11-12-13-14-15-16-17-18-19-20-24-28-32-39(43)48-34-36(35-49-51(45,46)47)50-40(44)33-29-25-21-23-27-31-38(42)37(41)30-26-22-10-8-6-4-2/h11-12,14-15,22,26,36-38,41-42H,3-10,13,16-21,23-25,27-35H2,1-2H3,(H2,45,46,47)/b12-11-,15-14-,26-22-/t36-,37+,38+/m1/s1. The van der Waals surface area contributed by atoms with Crippen molar-refractivity contribution >= 4 is 19.8 Å². The van der Waals surface area contributed by atoms with E-state index in [1.165, 1.54) is 38.5 Å². The van der Waals surface area contributed by atoms with Gasteiger partial charge in [-0.05, 0) is 70.6 Å². The van der Waals surface area contributed by atoms with E-state index in [9.17, 15) is 24.4 Å². The first-order valence-corrected chi connectivity index (χ1v) is 21.5. The number of esters is 2. The fourth-order valence-corrected chi connectivity index (χ4v) is 5.79. The molecular formula is C40H73O10P. The van der Waals surface area contributed by atoms with Crippen molar-refractivity contribution in [1.29, 1.82) is 0 Å². The van der Waals surface area contributed by atoms with E-state index in [4.69, 9.17) is 19.3 Å². The van der Waals surface area contributed by atoms with Crippen LogP contribution in [0, 0.1) is 0 Å². The van der Waals surface area contributed by atoms with Gasteiger partial charge in [0.2, 0.25) is 0 Å². The molecule has 0 aromatic heterocycles. The molecule has 0 aliphatic carbocycles. The number of aliphatic hydroxyl groups is 2. The van der Waals surface area contributed by atoms with Crippen molar-refractivity contribution in [3.8, 4) is 0 Å². The summed E-state index contributed by atoms with van der Waals surface area (Å²) in [6.07, 6.45) is 33.1. The molecule has 0 aromatic rings. The molecule has 0 radical (unpaired) electrons. The predicted octanol–water partition coefficient (Wildman–Crippen LogP) is 9.73. The number of ether oxygens (including phenoxy) is 2. The van der Waals surface area contributed by atoms with E-state index in [1.54, 1.807) is 0 Å². The normalized spacial score (nSPS) is 14.1. The minimum absolute atomic E-state index is 0.110. The van der Waals surface area contributed by atoms with E-state index in [1.807, 2.05) is 6.08 Å². The number of rotatable bonds is 36. The molecule has 0 aliphatic heterocycles. The van der Waals surface area contributed by atoms with Crippen LogP contribution in [0.1, 0.15) is 174 Å². The van der Waals surface area contributed by atoms with Gasteiger partial charge < -0.3 is 29.5 Å². The number of hydrogen-bond acceptors (Lipinski definition) is 8. The highest BCUT2D eigenvalue weighted by Crippen LogP contribution is 2.36. The summed E-state index contributed by atoms with van der Waals surface area (Å²) >= 11 is 0. The van der Waals surface area contributed by atoms with Crippen molar-refractivity contribution in [2.75, 3.05) is 13.2 Å². The first-order valence-electron chi connectivity index (χ1n) is 19.9. The molecule has 0 saturated carbocycles. The summed E-state index contributed by atoms with van der Waals surface area (Å²) in [5.74, 6) is -1.01. The van der Waals surface area contributed by atoms with Crippen LogP contribution in [0.2, 0.25) is 0 Å². The molecule has 3 atom stereocenters. The molecule has 298 valence electrons. The van der Waals surface area contributed by atoms with Gasteiger partial charge in [-0.1, -0.05) is 127 Å². The van der Waals surface area contributed by atoms with Crippen LogP contribution in [0.4, 0.5) is 0 Å². The highest BCUT2D eigenvalue weighted by atomic mass is 31.2. The molecule has 10 nitrogen and oxygen atoms in total. The van der Waals surface area contributed by atoms with Gasteiger partial charge in [0.1, 0.15) is 6.61 Å². The topological polar surface area (TPSA) is 160 Å². The molecule has 0 fully saturated rings. The van der Waals surface area contributed by atoms with E-state index in [-0.39, 0.29) is 19.4 Å². The molecule has 11 heteroatoms. The van der Waals surface area contributed by atoms with Gasteiger partial charge in [-0.3, -0.25) is 14.1 Å². The minimum Gasteiger partial charge on any atom is -0.462 e. The van der Waals surface area contributed by atoms with E-state index < -0.39 is 44.7 Å². The lowest BCUT2D eigenvalue weighted by Gasteiger charge is -2.18. The Morgan fingerprint density at radius 2 is 1.08 bits per heavy atom. The van der Waals surface area contributed by atoms with Gasteiger partial charge >= 0.3 is 19.8 Å². The maximum atomic E-state index is 12.4. The fraction of sp³-hybridized carbons (Fsp3) is 0.800. The van der Waals surface area contributed by atoms with Gasteiger partial charge in [-0.2, -0.15) is 0 Å². The fourth-order valence-electron chi connectivity index (χ4n) is 5.43. The van der Waals surface area contributed by atoms with Crippen molar-refractivity contribution in [2.24, 2.45) is 0 Å². The average molecular weight is 745 g/mol. The van der Waals surface area contributed by atoms with Crippen LogP contribution in [0.5, 0.6) is 0 Å². The Kier molecular flexibility index (Phi) is 34.0. The summed E-state index contributed by atoms with van der Waals surface area (Å²) in [6.45, 7) is 3.45. The molecule has 0 saturated heterocycles. The number of carbonyl (C=O) groups excluding carboxylic acids is 2. The molecule has 0 spiro atoms. The lowest BCUT2D eigenvalue weighted by atomic mass is 10.0. The third-order valence-electron chi connectivity index (χ3n) is 8.58. The van der Waals surface area contributed by atoms with Crippen molar-refractivity contribution in [3.63, 3.8) is 0 Å². The molecular weight excluding hydrogens is 671 g/mol. The van der Waals surface area contributed by atoms with Crippen molar-refractivity contribution in [2.45, 2.75) is 193 Å². The Balaban J connectivity index is 4.09. The van der Waals surface area contributed by atoms with Crippen molar-refractivity contribution in [3.05, 3.63) is 36.5 Å². The molecule has 4 N–H and O–H groups in total. The monoisotopic (exact) mass is 744 g/mol. The maximum absolute atomic E-state index is 12.4. The lowest BCUT2D eigenvalue weighted by Crippen LogP contribution is -2.29. The predicted molar refractivity (Wildman–Crippen MR) is 205 cm³/mol. The van der Waals surface area contributed by atoms with Gasteiger partial charge in [0.15, 0.2) is 6.10 Å². The average Bonchev–Trinajstić information content (AvgIpc) is 3.09. The second-order valence-corrected chi connectivity index (χ2v) is 14.8. The molecule has 0 aliphatic rings. The van der Waals surface area contributed by atoms with Gasteiger partial charge in [0.05, 0.1) is 18.8 Å². The van der Waals surface area contributed by atoms with Crippen LogP contribution in [0.15, 0.2) is 36.5 Å². The van der Waals surface area contributed by atoms with Gasteiger partial charge in [0, 0.05) is 12.8 Å². The van der Waals surface area contributed by atoms with E-state index in [2.05, 4.69) is 48.8 Å². The smallest absolute Gasteiger partial charge is 0.462 e. The summed E-state index contributed by atoms with van der Waals surface area (Å²) in [5, 5.41) is 20.3. The summed E-state index contributed by atoms with van der Waals surface area (Å²) < 4.78 is 26.3. The first-order chi connectivity index (χ1) is 24.6. The van der Waals surface area contributed by atoms with Crippen LogP contribution < -0.4 is 0 Å². The second-order valence-electron chi connectivity index (χ2n) is 13.6.